The average Bonchev–Trinajstić information content (AvgIpc) is 3.06. The minimum absolute atomic E-state index is 0.0447. The summed E-state index contributed by atoms with van der Waals surface area (Å²) in [5.41, 5.74) is 7.37. The van der Waals surface area contributed by atoms with Crippen molar-refractivity contribution in [2.45, 2.75) is 44.4 Å². The van der Waals surface area contributed by atoms with Crippen molar-refractivity contribution in [3.63, 3.8) is 0 Å². The molecule has 2 heterocycles. The second-order valence-corrected chi connectivity index (χ2v) is 11.3. The SMILES string of the molecule is CC(C)c1c(OC(=O)CCC(NC(=O)c2ccc(NCC3(N)NC(=O)C4=C(NC=CN4)N3)cc2)C(=O)O)ccc(O)c1OC(=O)/C=C/C(=O)O. The van der Waals surface area contributed by atoms with Crippen molar-refractivity contribution in [2.24, 2.45) is 5.73 Å². The third kappa shape index (κ3) is 9.28. The molecule has 2 aliphatic heterocycles. The molecule has 2 aromatic carbocycles. The number of phenols is 1. The van der Waals surface area contributed by atoms with Gasteiger partial charge in [-0.2, -0.15) is 0 Å². The molecule has 2 atom stereocenters. The molecule has 11 N–H and O–H groups in total. The number of carboxylic acid groups (broad SMARTS) is 2. The summed E-state index contributed by atoms with van der Waals surface area (Å²) in [5.74, 6) is -8.21. The summed E-state index contributed by atoms with van der Waals surface area (Å²) < 4.78 is 10.5. The van der Waals surface area contributed by atoms with Gasteiger partial charge in [0.25, 0.3) is 11.8 Å². The summed E-state index contributed by atoms with van der Waals surface area (Å²) in [6.07, 6.45) is 3.55. The molecule has 0 saturated carbocycles. The Morgan fingerprint density at radius 2 is 1.66 bits per heavy atom. The van der Waals surface area contributed by atoms with Crippen LogP contribution in [0.5, 0.6) is 17.2 Å². The van der Waals surface area contributed by atoms with Gasteiger partial charge in [0.2, 0.25) is 0 Å². The van der Waals surface area contributed by atoms with Crippen molar-refractivity contribution < 1.29 is 53.6 Å². The lowest BCUT2D eigenvalue weighted by Crippen LogP contribution is -2.73. The van der Waals surface area contributed by atoms with Gasteiger partial charge in [0.15, 0.2) is 17.3 Å². The predicted octanol–water partition coefficient (Wildman–Crippen LogP) is 0.208. The predicted molar refractivity (Wildman–Crippen MR) is 174 cm³/mol. The second-order valence-electron chi connectivity index (χ2n) is 11.3. The molecular formula is C32H35N7O11. The van der Waals surface area contributed by atoms with Gasteiger partial charge in [0.05, 0.1) is 6.54 Å². The van der Waals surface area contributed by atoms with E-state index in [2.05, 4.69) is 31.9 Å². The maximum atomic E-state index is 12.9. The minimum atomic E-state index is -1.47. The number of benzene rings is 2. The van der Waals surface area contributed by atoms with Gasteiger partial charge in [0.1, 0.15) is 23.3 Å². The van der Waals surface area contributed by atoms with E-state index >= 15 is 0 Å². The van der Waals surface area contributed by atoms with E-state index < -0.39 is 65.6 Å². The molecule has 2 amide bonds. The van der Waals surface area contributed by atoms with Crippen molar-refractivity contribution in [2.75, 3.05) is 11.9 Å². The number of rotatable bonds is 14. The summed E-state index contributed by atoms with van der Waals surface area (Å²) >= 11 is 0. The standard InChI is InChI=1S/C32H35N7O11/c1-16(2)25-21(9-8-20(40)27(25)50-24(44)12-10-22(41)42)49-23(43)11-7-19(31(47)48)37-29(45)17-3-5-18(6-4-17)36-15-32(33)38-28-26(30(46)39-32)34-13-14-35-28/h3-6,8-10,12-14,16,19,34-36,38,40H,7,11,15,33H2,1-2H3,(H,37,45)(H,39,46)(H,41,42)(H,47,48)/b12-10+. The van der Waals surface area contributed by atoms with Crippen LogP contribution in [0.4, 0.5) is 5.69 Å². The van der Waals surface area contributed by atoms with Crippen LogP contribution in [0.15, 0.2) is 72.5 Å². The van der Waals surface area contributed by atoms with Crippen LogP contribution in [0.2, 0.25) is 0 Å². The molecular weight excluding hydrogens is 658 g/mol. The first-order valence-electron chi connectivity index (χ1n) is 15.0. The van der Waals surface area contributed by atoms with Crippen LogP contribution in [0.1, 0.15) is 48.5 Å². The minimum Gasteiger partial charge on any atom is -0.504 e. The van der Waals surface area contributed by atoms with Gasteiger partial charge in [-0.1, -0.05) is 13.8 Å². The van der Waals surface area contributed by atoms with E-state index in [9.17, 15) is 39.0 Å². The molecule has 0 aliphatic carbocycles. The van der Waals surface area contributed by atoms with Crippen molar-refractivity contribution in [1.82, 2.24) is 26.6 Å². The zero-order valence-electron chi connectivity index (χ0n) is 26.7. The molecule has 0 bridgehead atoms. The molecule has 18 nitrogen and oxygen atoms in total. The summed E-state index contributed by atoms with van der Waals surface area (Å²) in [4.78, 5) is 72.7. The van der Waals surface area contributed by atoms with Gasteiger partial charge in [0, 0.05) is 47.8 Å². The number of nitrogens with two attached hydrogens (primary N) is 1. The summed E-state index contributed by atoms with van der Waals surface area (Å²) in [7, 11) is 0. The molecule has 18 heteroatoms. The number of amides is 2. The van der Waals surface area contributed by atoms with E-state index in [0.717, 1.165) is 6.07 Å². The van der Waals surface area contributed by atoms with Gasteiger partial charge in [-0.05, 0) is 48.7 Å². The molecule has 2 aromatic rings. The summed E-state index contributed by atoms with van der Waals surface area (Å²) in [5, 5.41) is 45.5. The average molecular weight is 694 g/mol. The fourth-order valence-electron chi connectivity index (χ4n) is 4.78. The quantitative estimate of drug-likeness (QED) is 0.0719. The Hall–Kier alpha value is -6.56. The van der Waals surface area contributed by atoms with E-state index in [4.69, 9.17) is 20.3 Å². The first-order chi connectivity index (χ1) is 23.7. The number of aliphatic carboxylic acids is 2. The summed E-state index contributed by atoms with van der Waals surface area (Å²) in [6, 6.07) is 6.90. The van der Waals surface area contributed by atoms with Gasteiger partial charge in [-0.15, -0.1) is 0 Å². The fraction of sp³-hybridized carbons (Fsp3) is 0.250. The normalized spacial score (nSPS) is 17.0. The Kier molecular flexibility index (Phi) is 11.3. The van der Waals surface area contributed by atoms with Crippen molar-refractivity contribution in [3.8, 4) is 17.2 Å². The highest BCUT2D eigenvalue weighted by atomic mass is 16.6. The Balaban J connectivity index is 1.33. The Morgan fingerprint density at radius 3 is 2.32 bits per heavy atom. The number of nitrogens with one attached hydrogen (secondary N) is 6. The first kappa shape index (κ1) is 36.3. The maximum Gasteiger partial charge on any atom is 0.336 e. The lowest BCUT2D eigenvalue weighted by molar-refractivity contribution is -0.140. The fourth-order valence-corrected chi connectivity index (χ4v) is 4.78. The number of ether oxygens (including phenoxy) is 2. The molecule has 2 aliphatic rings. The lowest BCUT2D eigenvalue weighted by atomic mass is 10.00. The number of hydrogen-bond acceptors (Lipinski definition) is 14. The molecule has 0 aromatic heterocycles. The van der Waals surface area contributed by atoms with Crippen LogP contribution < -0.4 is 47.1 Å². The zero-order chi connectivity index (χ0) is 36.6. The number of aromatic hydroxyl groups is 1. The van der Waals surface area contributed by atoms with Crippen molar-refractivity contribution in [1.29, 1.82) is 0 Å². The first-order valence-corrected chi connectivity index (χ1v) is 15.0. The number of phenolic OH excluding ortho intramolecular Hbond substituents is 1. The van der Waals surface area contributed by atoms with Crippen LogP contribution >= 0.6 is 0 Å². The molecule has 4 rings (SSSR count). The Morgan fingerprint density at radius 1 is 0.960 bits per heavy atom. The largest absolute Gasteiger partial charge is 0.504 e. The maximum absolute atomic E-state index is 12.9. The third-order valence-electron chi connectivity index (χ3n) is 7.16. The molecule has 0 radical (unpaired) electrons. The van der Waals surface area contributed by atoms with E-state index in [1.807, 2.05) is 0 Å². The van der Waals surface area contributed by atoms with Gasteiger partial charge >= 0.3 is 23.9 Å². The van der Waals surface area contributed by atoms with Crippen LogP contribution in [0.3, 0.4) is 0 Å². The number of esters is 2. The number of carboxylic acids is 2. The van der Waals surface area contributed by atoms with Gasteiger partial charge < -0.3 is 56.7 Å². The topological polar surface area (TPSA) is 280 Å². The van der Waals surface area contributed by atoms with Crippen molar-refractivity contribution >= 4 is 41.4 Å². The zero-order valence-corrected chi connectivity index (χ0v) is 26.7. The highest BCUT2D eigenvalue weighted by Gasteiger charge is 2.36. The molecule has 0 saturated heterocycles. The smallest absolute Gasteiger partial charge is 0.336 e. The molecule has 0 fully saturated rings. The Labute approximate surface area is 284 Å². The van der Waals surface area contributed by atoms with E-state index in [0.29, 0.717) is 23.7 Å². The Bertz CT molecular complexity index is 1790. The van der Waals surface area contributed by atoms with Gasteiger partial charge in [-0.3, -0.25) is 20.1 Å². The van der Waals surface area contributed by atoms with Crippen LogP contribution in [-0.4, -0.2) is 69.4 Å². The van der Waals surface area contributed by atoms with Crippen LogP contribution in [0, 0.1) is 0 Å². The van der Waals surface area contributed by atoms with Gasteiger partial charge in [-0.25, -0.2) is 14.4 Å². The van der Waals surface area contributed by atoms with Crippen molar-refractivity contribution in [3.05, 3.63) is 83.6 Å². The summed E-state index contributed by atoms with van der Waals surface area (Å²) in [6.45, 7) is 3.37. The van der Waals surface area contributed by atoms with Crippen LogP contribution in [-0.2, 0) is 24.0 Å². The highest BCUT2D eigenvalue weighted by molar-refractivity contribution is 5.97. The number of carbonyl (C=O) groups excluding carboxylic acids is 4. The monoisotopic (exact) mass is 693 g/mol. The van der Waals surface area contributed by atoms with E-state index in [1.54, 1.807) is 38.4 Å². The third-order valence-corrected chi connectivity index (χ3v) is 7.16. The molecule has 0 spiro atoms. The molecule has 264 valence electrons. The highest BCUT2D eigenvalue weighted by Crippen LogP contribution is 2.41. The lowest BCUT2D eigenvalue weighted by Gasteiger charge is -2.39. The van der Waals surface area contributed by atoms with Crippen LogP contribution in [0.25, 0.3) is 0 Å². The number of anilines is 1. The molecule has 50 heavy (non-hydrogen) atoms. The number of carbonyl (C=O) groups is 6. The second kappa shape index (κ2) is 15.6. The van der Waals surface area contributed by atoms with E-state index in [1.165, 1.54) is 18.2 Å². The molecule has 2 unspecified atom stereocenters. The van der Waals surface area contributed by atoms with E-state index in [-0.39, 0.29) is 41.3 Å². The number of hydrogen-bond donors (Lipinski definition) is 10.